The van der Waals surface area contributed by atoms with Crippen LogP contribution >= 0.6 is 0 Å². The van der Waals surface area contributed by atoms with E-state index in [9.17, 15) is 18.3 Å². The molecule has 210 valence electrons. The number of imidazole rings is 1. The Balaban J connectivity index is 2.17. The summed E-state index contributed by atoms with van der Waals surface area (Å²) in [7, 11) is -3.89. The number of rotatable bonds is 15. The van der Waals surface area contributed by atoms with Gasteiger partial charge in [0.2, 0.25) is 10.0 Å². The van der Waals surface area contributed by atoms with Crippen LogP contribution < -0.4 is 10.3 Å². The van der Waals surface area contributed by atoms with E-state index in [0.717, 1.165) is 37.9 Å². The molecule has 3 aromatic rings. The first kappa shape index (κ1) is 29.8. The molecule has 2 N–H and O–H groups in total. The van der Waals surface area contributed by atoms with Crippen LogP contribution in [0, 0.1) is 6.92 Å². The summed E-state index contributed by atoms with van der Waals surface area (Å²) in [5.74, 6) is 1.49. The fourth-order valence-electron chi connectivity index (χ4n) is 4.76. The molecule has 1 atom stereocenters. The number of hydrogen-bond donors (Lipinski definition) is 2. The summed E-state index contributed by atoms with van der Waals surface area (Å²) in [4.78, 5) is 20.9. The number of nitrogens with zero attached hydrogens (tertiary/aromatic N) is 4. The van der Waals surface area contributed by atoms with E-state index in [4.69, 9.17) is 14.8 Å². The minimum Gasteiger partial charge on any atom is -0.493 e. The zero-order valence-electron chi connectivity index (χ0n) is 23.2. The lowest BCUT2D eigenvalue weighted by Gasteiger charge is -2.20. The van der Waals surface area contributed by atoms with Crippen molar-refractivity contribution >= 4 is 15.5 Å². The van der Waals surface area contributed by atoms with Crippen molar-refractivity contribution in [2.75, 3.05) is 26.3 Å². The summed E-state index contributed by atoms with van der Waals surface area (Å²) in [6.07, 6.45) is 6.40. The molecule has 0 aliphatic rings. The van der Waals surface area contributed by atoms with Gasteiger partial charge in [-0.3, -0.25) is 4.79 Å². The van der Waals surface area contributed by atoms with Crippen molar-refractivity contribution in [2.24, 2.45) is 0 Å². The Hall–Kier alpha value is -2.76. The second kappa shape index (κ2) is 13.3. The SMILES string of the molecule is CCCCCCC(CC)c1nc(C)c2c(=O)[nH]c(-c3cc(S(=O)(=O)N(CC)CCO)ccc3OCC)nn12. The number of sulfonamides is 1. The highest BCUT2D eigenvalue weighted by Gasteiger charge is 2.26. The van der Waals surface area contributed by atoms with Crippen LogP contribution in [0.1, 0.15) is 83.7 Å². The number of aromatic nitrogens is 4. The Morgan fingerprint density at radius 2 is 1.92 bits per heavy atom. The highest BCUT2D eigenvalue weighted by Crippen LogP contribution is 2.32. The molecule has 11 heteroatoms. The lowest BCUT2D eigenvalue weighted by Crippen LogP contribution is -2.33. The first-order chi connectivity index (χ1) is 18.2. The molecule has 38 heavy (non-hydrogen) atoms. The number of likely N-dealkylation sites (N-methyl/N-ethyl adjacent to an activating group) is 1. The number of fused-ring (bicyclic) bond motifs is 1. The van der Waals surface area contributed by atoms with Gasteiger partial charge in [0, 0.05) is 19.0 Å². The number of hydrogen-bond acceptors (Lipinski definition) is 7. The second-order valence-corrected chi connectivity index (χ2v) is 11.3. The van der Waals surface area contributed by atoms with Gasteiger partial charge < -0.3 is 14.8 Å². The van der Waals surface area contributed by atoms with Crippen molar-refractivity contribution in [3.63, 3.8) is 0 Å². The van der Waals surface area contributed by atoms with Crippen molar-refractivity contribution < 1.29 is 18.3 Å². The van der Waals surface area contributed by atoms with Crippen LogP contribution in [0.2, 0.25) is 0 Å². The smallest absolute Gasteiger partial charge is 0.277 e. The van der Waals surface area contributed by atoms with Crippen molar-refractivity contribution in [1.29, 1.82) is 0 Å². The van der Waals surface area contributed by atoms with Crippen LogP contribution in [0.5, 0.6) is 5.75 Å². The predicted molar refractivity (Wildman–Crippen MR) is 148 cm³/mol. The predicted octanol–water partition coefficient (Wildman–Crippen LogP) is 4.26. The van der Waals surface area contributed by atoms with Crippen molar-refractivity contribution in [3.8, 4) is 17.1 Å². The molecule has 0 saturated carbocycles. The maximum Gasteiger partial charge on any atom is 0.277 e. The molecule has 0 amide bonds. The summed E-state index contributed by atoms with van der Waals surface area (Å²) in [5.41, 5.74) is 1.01. The van der Waals surface area contributed by atoms with E-state index in [1.54, 1.807) is 24.4 Å². The summed E-state index contributed by atoms with van der Waals surface area (Å²) in [6.45, 7) is 9.90. The number of aromatic amines is 1. The van der Waals surface area contributed by atoms with Gasteiger partial charge in [-0.25, -0.2) is 17.9 Å². The summed E-state index contributed by atoms with van der Waals surface area (Å²) >= 11 is 0. The first-order valence-electron chi connectivity index (χ1n) is 13.6. The molecule has 0 fully saturated rings. The topological polar surface area (TPSA) is 130 Å². The zero-order chi connectivity index (χ0) is 27.9. The van der Waals surface area contributed by atoms with E-state index in [-0.39, 0.29) is 41.9 Å². The molecule has 3 rings (SSSR count). The minimum atomic E-state index is -3.89. The molecule has 2 aromatic heterocycles. The molecule has 10 nitrogen and oxygen atoms in total. The van der Waals surface area contributed by atoms with Gasteiger partial charge in [0.05, 0.1) is 29.4 Å². The normalized spacial score (nSPS) is 12.9. The summed E-state index contributed by atoms with van der Waals surface area (Å²) in [5, 5.41) is 14.1. The number of unbranched alkanes of at least 4 members (excludes halogenated alkanes) is 3. The first-order valence-corrected chi connectivity index (χ1v) is 15.0. The van der Waals surface area contributed by atoms with Gasteiger partial charge in [0.1, 0.15) is 11.6 Å². The number of nitrogens with one attached hydrogen (secondary N) is 1. The van der Waals surface area contributed by atoms with Gasteiger partial charge in [-0.05, 0) is 44.9 Å². The average Bonchev–Trinajstić information content (AvgIpc) is 3.23. The van der Waals surface area contributed by atoms with E-state index in [1.807, 2.05) is 6.92 Å². The third-order valence-electron chi connectivity index (χ3n) is 6.81. The number of aliphatic hydroxyl groups excluding tert-OH is 1. The maximum atomic E-state index is 13.3. The molecule has 0 radical (unpaired) electrons. The third-order valence-corrected chi connectivity index (χ3v) is 8.78. The fraction of sp³-hybridized carbons (Fsp3) is 0.593. The average molecular weight is 548 g/mol. The molecule has 0 bridgehead atoms. The number of ether oxygens (including phenoxy) is 1. The number of H-pyrrole nitrogens is 1. The van der Waals surface area contributed by atoms with Crippen molar-refractivity contribution in [3.05, 3.63) is 40.1 Å². The van der Waals surface area contributed by atoms with E-state index in [1.165, 1.54) is 22.9 Å². The Kier molecular flexibility index (Phi) is 10.5. The number of aryl methyl sites for hydroxylation is 1. The molecule has 2 heterocycles. The molecule has 0 spiro atoms. The maximum absolute atomic E-state index is 13.3. The van der Waals surface area contributed by atoms with Crippen molar-refractivity contribution in [2.45, 2.75) is 84.0 Å². The quantitative estimate of drug-likeness (QED) is 0.272. The van der Waals surface area contributed by atoms with E-state index in [2.05, 4.69) is 18.8 Å². The third kappa shape index (κ3) is 6.27. The molecule has 0 aliphatic heterocycles. The van der Waals surface area contributed by atoms with Gasteiger partial charge in [0.25, 0.3) is 5.56 Å². The van der Waals surface area contributed by atoms with E-state index in [0.29, 0.717) is 29.1 Å². The molecule has 0 aliphatic carbocycles. The number of aliphatic hydroxyl groups is 1. The van der Waals surface area contributed by atoms with E-state index < -0.39 is 10.0 Å². The molecule has 1 aromatic carbocycles. The lowest BCUT2D eigenvalue weighted by molar-refractivity contribution is 0.257. The zero-order valence-corrected chi connectivity index (χ0v) is 24.0. The Bertz CT molecular complexity index is 1380. The minimum absolute atomic E-state index is 0.0171. The second-order valence-electron chi connectivity index (χ2n) is 9.38. The highest BCUT2D eigenvalue weighted by atomic mass is 32.2. The molecule has 0 saturated heterocycles. The molecule has 1 unspecified atom stereocenters. The Morgan fingerprint density at radius 3 is 2.55 bits per heavy atom. The number of benzene rings is 1. The molecular weight excluding hydrogens is 506 g/mol. The van der Waals surface area contributed by atoms with Crippen LogP contribution in [0.4, 0.5) is 0 Å². The summed E-state index contributed by atoms with van der Waals surface area (Å²) in [6, 6.07) is 4.51. The Morgan fingerprint density at radius 1 is 1.16 bits per heavy atom. The van der Waals surface area contributed by atoms with Gasteiger partial charge in [-0.2, -0.15) is 4.31 Å². The lowest BCUT2D eigenvalue weighted by atomic mass is 9.97. The fourth-order valence-corrected chi connectivity index (χ4v) is 6.22. The van der Waals surface area contributed by atoms with Gasteiger partial charge in [-0.1, -0.05) is 46.5 Å². The van der Waals surface area contributed by atoms with Crippen LogP contribution in [-0.2, 0) is 10.0 Å². The van der Waals surface area contributed by atoms with E-state index >= 15 is 0 Å². The highest BCUT2D eigenvalue weighted by molar-refractivity contribution is 7.89. The van der Waals surface area contributed by atoms with Crippen LogP contribution in [0.25, 0.3) is 16.9 Å². The van der Waals surface area contributed by atoms with Crippen LogP contribution in [0.3, 0.4) is 0 Å². The largest absolute Gasteiger partial charge is 0.493 e. The van der Waals surface area contributed by atoms with Crippen molar-refractivity contribution in [1.82, 2.24) is 23.9 Å². The Labute approximate surface area is 225 Å². The molecular formula is C27H41N5O5S. The van der Waals surface area contributed by atoms with Gasteiger partial charge in [0.15, 0.2) is 11.3 Å². The van der Waals surface area contributed by atoms with Gasteiger partial charge in [-0.15, -0.1) is 5.10 Å². The summed E-state index contributed by atoms with van der Waals surface area (Å²) < 4.78 is 35.2. The van der Waals surface area contributed by atoms with Crippen LogP contribution in [0.15, 0.2) is 27.9 Å². The van der Waals surface area contributed by atoms with Gasteiger partial charge >= 0.3 is 0 Å². The standard InChI is InChI=1S/C27H41N5O5S/c1-6-10-11-12-13-20(7-2)26-28-19(5)24-27(34)29-25(30-32(24)26)22-18-21(14-15-23(22)37-9-4)38(35,36)31(8-3)16-17-33/h14-15,18,20,33H,6-13,16-17H2,1-5H3,(H,29,30,34). The monoisotopic (exact) mass is 547 g/mol. The van der Waals surface area contributed by atoms with Crippen LogP contribution in [-0.4, -0.2) is 63.7 Å².